The number of anilines is 9. The van der Waals surface area contributed by atoms with E-state index in [-0.39, 0.29) is 0 Å². The van der Waals surface area contributed by atoms with Crippen LogP contribution >= 0.6 is 34.0 Å². The summed E-state index contributed by atoms with van der Waals surface area (Å²) in [6.07, 6.45) is 0. The molecule has 0 saturated carbocycles. The fraction of sp³-hybridized carbons (Fsp3) is 0. The highest BCUT2D eigenvalue weighted by Gasteiger charge is 2.29. The molecule has 0 radical (unpaired) electrons. The topological polar surface area (TPSA) is 24.5 Å². The highest BCUT2D eigenvalue weighted by Crippen LogP contribution is 2.55. The second-order valence-corrected chi connectivity index (χ2v) is 40.0. The Morgan fingerprint density at radius 2 is 0.428 bits per heavy atom. The van der Waals surface area contributed by atoms with E-state index in [9.17, 15) is 0 Å². The van der Waals surface area contributed by atoms with Crippen molar-refractivity contribution in [3.63, 3.8) is 0 Å². The van der Waals surface area contributed by atoms with Crippen LogP contribution in [0.2, 0.25) is 0 Å². The maximum Gasteiger partial charge on any atom is 0.0728 e. The molecule has 0 fully saturated rings. The third-order valence-corrected chi connectivity index (χ3v) is 32.2. The van der Waals surface area contributed by atoms with Crippen LogP contribution in [0.4, 0.5) is 51.2 Å². The molecule has 29 aromatic rings. The Morgan fingerprint density at radius 3 is 0.876 bits per heavy atom. The number of nitrogens with zero attached hydrogens (tertiary/aromatic N) is 6. The van der Waals surface area contributed by atoms with Crippen molar-refractivity contribution in [2.24, 2.45) is 0 Å². The highest BCUT2D eigenvalue weighted by molar-refractivity contribution is 7.28. The zero-order chi connectivity index (χ0) is 95.8. The zero-order valence-corrected chi connectivity index (χ0v) is 81.3. The SMILES string of the molecule is c1ccc(-c2ccc(N(c3ccc(-c4ccc5ccccc5c4)cc3)c3cccc4c3sc3c5ccccc5n(-c5ccccc5)c43)cc2)cc1.c1ccc(-c2ccccc2N(c2ccc(-c3ccc4ccccc4c3)cc2)c2cccc3c2sc2c4ccccc4n(-c4ccccc4)c32)cc1.c1ccc(N(c2ccc3c(ccc4ccccc43)c2)c2cccc3c2sc2c4ccccc4n(-c4ccccc4)c32)cc1. The smallest absolute Gasteiger partial charge is 0.0728 e. The van der Waals surface area contributed by atoms with Crippen LogP contribution in [0, 0.1) is 0 Å². The Kier molecular flexibility index (Phi) is 21.8. The third kappa shape index (κ3) is 15.3. The Balaban J connectivity index is 0.000000108. The van der Waals surface area contributed by atoms with Crippen molar-refractivity contribution in [1.82, 2.24) is 13.7 Å². The lowest BCUT2D eigenvalue weighted by atomic mass is 9.99. The van der Waals surface area contributed by atoms with Crippen molar-refractivity contribution in [2.45, 2.75) is 0 Å². The molecule has 145 heavy (non-hydrogen) atoms. The van der Waals surface area contributed by atoms with Crippen LogP contribution in [0.15, 0.2) is 546 Å². The van der Waals surface area contributed by atoms with Crippen molar-refractivity contribution in [2.75, 3.05) is 14.7 Å². The van der Waals surface area contributed by atoms with Crippen molar-refractivity contribution in [3.8, 4) is 61.6 Å². The standard InChI is InChI=1S/2C48H32N2S.C40H26N2S/c1-3-15-35(16-4-1)40-20-9-11-23-43(40)49(39-30-28-34(29-31-39)37-27-26-33-14-7-8-17-36(33)32-37)45-25-13-22-42-46-48(51-47(42)45)41-21-10-12-24-44(41)50(46)38-18-5-2-6-19-38;1-3-12-33(13-4-1)35-24-28-40(29-25-35)49(41-30-26-36(27-31-41)38-23-22-34-14-7-8-15-37(34)32-38)45-21-11-19-43-46-48(51-47(43)45)42-18-9-10-20-44(42)50(46)39-16-5-2-6-17-39;1-3-13-29(14-4-1)41(31-24-25-33-28(26-31)23-22-27-12-7-8-17-32(27)33)37-21-11-19-35-38-40(43-39(35)37)34-18-9-10-20-36(34)42(38)30-15-5-2-6-16-30/h2*1-32H;1-26H. The summed E-state index contributed by atoms with van der Waals surface area (Å²) in [4.78, 5) is 7.30. The van der Waals surface area contributed by atoms with Gasteiger partial charge in [-0.25, -0.2) is 0 Å². The monoisotopic (exact) mass is 1900 g/mol. The lowest BCUT2D eigenvalue weighted by molar-refractivity contribution is 1.19. The van der Waals surface area contributed by atoms with Crippen LogP contribution in [0.25, 0.3) is 198 Å². The minimum absolute atomic E-state index is 1.12. The molecule has 6 nitrogen and oxygen atoms in total. The first-order chi connectivity index (χ1) is 72.0. The van der Waals surface area contributed by atoms with Crippen molar-refractivity contribution in [3.05, 3.63) is 546 Å². The molecule has 6 aromatic heterocycles. The van der Waals surface area contributed by atoms with Gasteiger partial charge in [0, 0.05) is 83.4 Å². The third-order valence-electron chi connectivity index (χ3n) is 28.5. The molecular formula is C136H90N6S3. The summed E-state index contributed by atoms with van der Waals surface area (Å²) >= 11 is 5.67. The van der Waals surface area contributed by atoms with E-state index in [1.54, 1.807) is 0 Å². The largest absolute Gasteiger partial charge is 0.309 e. The minimum atomic E-state index is 1.12. The molecule has 0 unspecified atom stereocenters. The van der Waals surface area contributed by atoms with E-state index in [1.165, 1.54) is 215 Å². The van der Waals surface area contributed by atoms with E-state index < -0.39 is 0 Å². The first-order valence-electron chi connectivity index (χ1n) is 49.3. The van der Waals surface area contributed by atoms with E-state index in [1.807, 2.05) is 34.0 Å². The lowest BCUT2D eigenvalue weighted by Crippen LogP contribution is -2.11. The quantitative estimate of drug-likeness (QED) is 0.0901. The van der Waals surface area contributed by atoms with Gasteiger partial charge in [-0.15, -0.1) is 34.0 Å². The van der Waals surface area contributed by atoms with Crippen LogP contribution in [-0.4, -0.2) is 13.7 Å². The maximum atomic E-state index is 2.46. The molecule has 682 valence electrons. The van der Waals surface area contributed by atoms with Crippen LogP contribution < -0.4 is 14.7 Å². The highest BCUT2D eigenvalue weighted by atomic mass is 32.1. The Bertz CT molecular complexity index is 9940. The molecule has 6 heterocycles. The molecule has 29 rings (SSSR count). The van der Waals surface area contributed by atoms with Crippen LogP contribution in [-0.2, 0) is 0 Å². The summed E-state index contributed by atoms with van der Waals surface area (Å²) in [6.45, 7) is 0. The molecule has 0 aliphatic carbocycles. The molecule has 9 heteroatoms. The number of hydrogen-bond donors (Lipinski definition) is 0. The number of hydrogen-bond acceptors (Lipinski definition) is 6. The molecule has 0 spiro atoms. The second-order valence-electron chi connectivity index (χ2n) is 36.9. The summed E-state index contributed by atoms with van der Waals surface area (Å²) in [5, 5.41) is 17.7. The maximum absolute atomic E-state index is 2.46. The number of fused-ring (bicyclic) bond motifs is 20. The molecule has 23 aromatic carbocycles. The summed E-state index contributed by atoms with van der Waals surface area (Å²) in [7, 11) is 0. The lowest BCUT2D eigenvalue weighted by Gasteiger charge is -2.28. The van der Waals surface area contributed by atoms with Gasteiger partial charge in [-0.1, -0.05) is 394 Å². The van der Waals surface area contributed by atoms with Gasteiger partial charge in [0.05, 0.1) is 84.0 Å². The number of thiophene rings is 3. The molecule has 0 aliphatic rings. The normalized spacial score (nSPS) is 11.6. The fourth-order valence-corrected chi connectivity index (χ4v) is 25.8. The fourth-order valence-electron chi connectivity index (χ4n) is 21.8. The van der Waals surface area contributed by atoms with E-state index in [0.29, 0.717) is 0 Å². The molecule has 0 N–H and O–H groups in total. The number of benzene rings is 23. The summed E-state index contributed by atoms with van der Waals surface area (Å²) in [5.41, 5.74) is 31.0. The van der Waals surface area contributed by atoms with Crippen molar-refractivity contribution >= 4 is 222 Å². The number of rotatable bonds is 16. The van der Waals surface area contributed by atoms with Gasteiger partial charge in [0.1, 0.15) is 0 Å². The van der Waals surface area contributed by atoms with Gasteiger partial charge in [-0.05, 0) is 234 Å². The van der Waals surface area contributed by atoms with E-state index >= 15 is 0 Å². The van der Waals surface area contributed by atoms with E-state index in [2.05, 4.69) is 574 Å². The van der Waals surface area contributed by atoms with Gasteiger partial charge in [0.15, 0.2) is 0 Å². The van der Waals surface area contributed by atoms with Gasteiger partial charge < -0.3 is 28.4 Å². The van der Waals surface area contributed by atoms with Crippen molar-refractivity contribution < 1.29 is 0 Å². The molecule has 0 atom stereocenters. The van der Waals surface area contributed by atoms with Gasteiger partial charge in [0.2, 0.25) is 0 Å². The Hall–Kier alpha value is -18.2. The van der Waals surface area contributed by atoms with Crippen molar-refractivity contribution in [1.29, 1.82) is 0 Å². The first kappa shape index (κ1) is 85.9. The predicted octanol–water partition coefficient (Wildman–Crippen LogP) is 39.7. The number of aromatic nitrogens is 3. The zero-order valence-electron chi connectivity index (χ0n) is 78.9. The molecule has 0 saturated heterocycles. The molecule has 0 aliphatic heterocycles. The van der Waals surface area contributed by atoms with Gasteiger partial charge in [-0.2, -0.15) is 0 Å². The Morgan fingerprint density at radius 1 is 0.145 bits per heavy atom. The second kappa shape index (κ2) is 36.8. The average Bonchev–Trinajstić information content (AvgIpc) is 1.56. The minimum Gasteiger partial charge on any atom is -0.309 e. The summed E-state index contributed by atoms with van der Waals surface area (Å²) in [5.74, 6) is 0. The number of para-hydroxylation sites is 8. The van der Waals surface area contributed by atoms with Gasteiger partial charge >= 0.3 is 0 Å². The molecule has 0 bridgehead atoms. The van der Waals surface area contributed by atoms with Crippen LogP contribution in [0.1, 0.15) is 0 Å². The Labute approximate surface area is 851 Å². The summed E-state index contributed by atoms with van der Waals surface area (Å²) < 4.78 is 15.1. The van der Waals surface area contributed by atoms with Gasteiger partial charge in [0.25, 0.3) is 0 Å². The van der Waals surface area contributed by atoms with Crippen LogP contribution in [0.3, 0.4) is 0 Å². The molecule has 0 amide bonds. The van der Waals surface area contributed by atoms with Crippen LogP contribution in [0.5, 0.6) is 0 Å². The first-order valence-corrected chi connectivity index (χ1v) is 51.8. The van der Waals surface area contributed by atoms with Gasteiger partial charge in [-0.3, -0.25) is 0 Å². The average molecular weight is 1900 g/mol. The predicted molar refractivity (Wildman–Crippen MR) is 624 cm³/mol. The summed E-state index contributed by atoms with van der Waals surface area (Å²) in [6, 6.07) is 197. The van der Waals surface area contributed by atoms with E-state index in [0.717, 1.165) is 34.1 Å². The van der Waals surface area contributed by atoms with E-state index in [4.69, 9.17) is 0 Å². The molecular weight excluding hydrogens is 1810 g/mol.